The minimum Gasteiger partial charge on any atom is -0.395 e. The normalized spacial score (nSPS) is 12.6. The van der Waals surface area contributed by atoms with E-state index in [1.807, 2.05) is 31.2 Å². The Labute approximate surface area is 115 Å². The van der Waals surface area contributed by atoms with Gasteiger partial charge in [-0.25, -0.2) is 8.42 Å². The first kappa shape index (κ1) is 16.1. The average Bonchev–Trinajstić information content (AvgIpc) is 2.34. The monoisotopic (exact) mass is 286 g/mol. The first-order valence-corrected chi connectivity index (χ1v) is 8.36. The lowest BCUT2D eigenvalue weighted by atomic mass is 9.78. The van der Waals surface area contributed by atoms with Gasteiger partial charge in [0.05, 0.1) is 13.2 Å². The highest BCUT2D eigenvalue weighted by atomic mass is 32.2. The molecule has 0 fully saturated rings. The molecule has 0 unspecified atom stereocenters. The Kier molecular flexibility index (Phi) is 5.52. The van der Waals surface area contributed by atoms with Gasteiger partial charge in [-0.3, -0.25) is 0 Å². The lowest BCUT2D eigenvalue weighted by molar-refractivity contribution is 0.109. The quantitative estimate of drug-likeness (QED) is 0.785. The molecule has 1 rings (SSSR count). The Balaban J connectivity index is 2.91. The summed E-state index contributed by atoms with van der Waals surface area (Å²) >= 11 is 0. The maximum atomic E-state index is 11.2. The van der Waals surface area contributed by atoms with Crippen molar-refractivity contribution >= 4 is 9.84 Å². The van der Waals surface area contributed by atoms with E-state index >= 15 is 0 Å². The van der Waals surface area contributed by atoms with Crippen molar-refractivity contribution in [1.82, 2.24) is 0 Å². The lowest BCUT2D eigenvalue weighted by Gasteiger charge is -2.30. The minimum atomic E-state index is -3.02. The molecule has 19 heavy (non-hydrogen) atoms. The standard InChI is InChI=1S/C14H22O4S/c1-12-5-3-6-13(9-12)14(10-15,11-16)7-4-8-19(2,17)18/h3,5-6,9,15-16H,4,7-8,10-11H2,1-2H3. The number of aliphatic hydroxyl groups excluding tert-OH is 2. The molecule has 108 valence electrons. The van der Waals surface area contributed by atoms with Crippen molar-refractivity contribution in [2.45, 2.75) is 25.2 Å². The predicted octanol–water partition coefficient (Wildman–Crippen LogP) is 1.04. The number of sulfone groups is 1. The number of aliphatic hydroxyl groups is 2. The van der Waals surface area contributed by atoms with Crippen molar-refractivity contribution < 1.29 is 18.6 Å². The fourth-order valence-electron chi connectivity index (χ4n) is 2.18. The molecule has 0 aliphatic rings. The van der Waals surface area contributed by atoms with E-state index in [0.717, 1.165) is 11.1 Å². The zero-order valence-electron chi connectivity index (χ0n) is 11.5. The van der Waals surface area contributed by atoms with Crippen LogP contribution in [0.25, 0.3) is 0 Å². The zero-order valence-corrected chi connectivity index (χ0v) is 12.3. The van der Waals surface area contributed by atoms with Gasteiger partial charge in [0.15, 0.2) is 0 Å². The number of benzene rings is 1. The van der Waals surface area contributed by atoms with Crippen molar-refractivity contribution in [1.29, 1.82) is 0 Å². The van der Waals surface area contributed by atoms with Gasteiger partial charge in [-0.2, -0.15) is 0 Å². The van der Waals surface area contributed by atoms with Gasteiger partial charge >= 0.3 is 0 Å². The minimum absolute atomic E-state index is 0.0700. The molecule has 0 aromatic heterocycles. The summed E-state index contributed by atoms with van der Waals surface area (Å²) in [5, 5.41) is 19.3. The van der Waals surface area contributed by atoms with Gasteiger partial charge in [-0.05, 0) is 25.3 Å². The molecule has 1 aromatic rings. The zero-order chi connectivity index (χ0) is 14.5. The molecule has 0 radical (unpaired) electrons. The third-order valence-electron chi connectivity index (χ3n) is 3.41. The van der Waals surface area contributed by atoms with Crippen LogP contribution in [0.1, 0.15) is 24.0 Å². The maximum Gasteiger partial charge on any atom is 0.147 e. The predicted molar refractivity (Wildman–Crippen MR) is 76.0 cm³/mol. The van der Waals surface area contributed by atoms with Crippen LogP contribution in [-0.4, -0.2) is 43.9 Å². The number of aryl methyl sites for hydroxylation is 1. The van der Waals surface area contributed by atoms with E-state index in [-0.39, 0.29) is 19.0 Å². The molecule has 0 aliphatic carbocycles. The summed E-state index contributed by atoms with van der Waals surface area (Å²) < 4.78 is 22.3. The van der Waals surface area contributed by atoms with Gasteiger partial charge in [0.2, 0.25) is 0 Å². The molecule has 0 saturated carbocycles. The topological polar surface area (TPSA) is 74.6 Å². The van der Waals surface area contributed by atoms with Crippen molar-refractivity contribution in [3.05, 3.63) is 35.4 Å². The first-order chi connectivity index (χ1) is 8.83. The van der Waals surface area contributed by atoms with Crippen molar-refractivity contribution in [2.75, 3.05) is 25.2 Å². The molecule has 5 heteroatoms. The van der Waals surface area contributed by atoms with Gasteiger partial charge < -0.3 is 10.2 Å². The van der Waals surface area contributed by atoms with Crippen LogP contribution in [0.4, 0.5) is 0 Å². The summed E-state index contributed by atoms with van der Waals surface area (Å²) in [6.07, 6.45) is 2.06. The van der Waals surface area contributed by atoms with Crippen LogP contribution in [0.3, 0.4) is 0 Å². The van der Waals surface area contributed by atoms with E-state index in [1.165, 1.54) is 6.26 Å². The lowest BCUT2D eigenvalue weighted by Crippen LogP contribution is -2.35. The Morgan fingerprint density at radius 1 is 1.21 bits per heavy atom. The number of hydrogen-bond donors (Lipinski definition) is 2. The summed E-state index contributed by atoms with van der Waals surface area (Å²) in [4.78, 5) is 0. The largest absolute Gasteiger partial charge is 0.395 e. The van der Waals surface area contributed by atoms with E-state index in [9.17, 15) is 18.6 Å². The van der Waals surface area contributed by atoms with E-state index in [0.29, 0.717) is 12.8 Å². The second-order valence-electron chi connectivity index (χ2n) is 5.20. The fourth-order valence-corrected chi connectivity index (χ4v) is 2.85. The van der Waals surface area contributed by atoms with Gasteiger partial charge in [0, 0.05) is 17.4 Å². The van der Waals surface area contributed by atoms with Gasteiger partial charge in [-0.1, -0.05) is 29.8 Å². The molecule has 4 nitrogen and oxygen atoms in total. The molecular formula is C14H22O4S. The van der Waals surface area contributed by atoms with Gasteiger partial charge in [-0.15, -0.1) is 0 Å². The summed E-state index contributed by atoms with van der Waals surface area (Å²) in [7, 11) is -3.02. The third kappa shape index (κ3) is 4.60. The molecule has 1 aromatic carbocycles. The smallest absolute Gasteiger partial charge is 0.147 e. The van der Waals surface area contributed by atoms with Crippen LogP contribution in [0.15, 0.2) is 24.3 Å². The van der Waals surface area contributed by atoms with Gasteiger partial charge in [0.25, 0.3) is 0 Å². The highest BCUT2D eigenvalue weighted by Crippen LogP contribution is 2.29. The van der Waals surface area contributed by atoms with Crippen molar-refractivity contribution in [3.8, 4) is 0 Å². The SMILES string of the molecule is Cc1cccc(C(CO)(CO)CCCS(C)(=O)=O)c1. The average molecular weight is 286 g/mol. The molecule has 0 amide bonds. The highest BCUT2D eigenvalue weighted by molar-refractivity contribution is 7.90. The molecule has 0 heterocycles. The number of hydrogen-bond acceptors (Lipinski definition) is 4. The Hall–Kier alpha value is -0.910. The van der Waals surface area contributed by atoms with Crippen LogP contribution in [0.5, 0.6) is 0 Å². The Morgan fingerprint density at radius 3 is 2.32 bits per heavy atom. The first-order valence-electron chi connectivity index (χ1n) is 6.29. The maximum absolute atomic E-state index is 11.2. The van der Waals surface area contributed by atoms with Crippen molar-refractivity contribution in [3.63, 3.8) is 0 Å². The fraction of sp³-hybridized carbons (Fsp3) is 0.571. The third-order valence-corrected chi connectivity index (χ3v) is 4.44. The van der Waals surface area contributed by atoms with E-state index in [4.69, 9.17) is 0 Å². The summed E-state index contributed by atoms with van der Waals surface area (Å²) in [6.45, 7) is 1.55. The van der Waals surface area contributed by atoms with Crippen LogP contribution in [0, 0.1) is 6.92 Å². The molecular weight excluding hydrogens is 264 g/mol. The van der Waals surface area contributed by atoms with Crippen LogP contribution < -0.4 is 0 Å². The Bertz CT molecular complexity index is 504. The molecule has 0 atom stereocenters. The second-order valence-corrected chi connectivity index (χ2v) is 7.46. The van der Waals surface area contributed by atoms with Crippen LogP contribution >= 0.6 is 0 Å². The molecule has 0 aliphatic heterocycles. The molecule has 0 bridgehead atoms. The van der Waals surface area contributed by atoms with E-state index in [2.05, 4.69) is 0 Å². The molecule has 0 saturated heterocycles. The van der Waals surface area contributed by atoms with Crippen LogP contribution in [0.2, 0.25) is 0 Å². The Morgan fingerprint density at radius 2 is 1.84 bits per heavy atom. The van der Waals surface area contributed by atoms with Crippen molar-refractivity contribution in [2.24, 2.45) is 0 Å². The highest BCUT2D eigenvalue weighted by Gasteiger charge is 2.30. The van der Waals surface area contributed by atoms with Gasteiger partial charge in [0.1, 0.15) is 9.84 Å². The number of rotatable bonds is 7. The molecule has 2 N–H and O–H groups in total. The van der Waals surface area contributed by atoms with E-state index in [1.54, 1.807) is 0 Å². The molecule has 0 spiro atoms. The summed E-state index contributed by atoms with van der Waals surface area (Å²) in [6, 6.07) is 7.60. The summed E-state index contributed by atoms with van der Waals surface area (Å²) in [5.74, 6) is 0.0700. The second kappa shape index (κ2) is 6.50. The summed E-state index contributed by atoms with van der Waals surface area (Å²) in [5.41, 5.74) is 1.13. The van der Waals surface area contributed by atoms with Crippen LogP contribution in [-0.2, 0) is 15.3 Å². The van der Waals surface area contributed by atoms with E-state index < -0.39 is 15.3 Å².